The van der Waals surface area contributed by atoms with Gasteiger partial charge in [0.1, 0.15) is 11.6 Å². The van der Waals surface area contributed by atoms with Gasteiger partial charge < -0.3 is 14.2 Å². The normalized spacial score (nSPS) is 10.4. The SMILES string of the molecule is CCOC(=O)/C(C#N)=C\c1ccc(OC(=O)C=C(C)C)c(OCC)c1. The van der Waals surface area contributed by atoms with E-state index in [4.69, 9.17) is 19.5 Å². The minimum absolute atomic E-state index is 0.126. The molecule has 0 heterocycles. The molecule has 132 valence electrons. The van der Waals surface area contributed by atoms with Crippen molar-refractivity contribution in [1.29, 1.82) is 5.26 Å². The lowest BCUT2D eigenvalue weighted by atomic mass is 10.1. The Morgan fingerprint density at radius 2 is 1.88 bits per heavy atom. The van der Waals surface area contributed by atoms with E-state index in [1.165, 1.54) is 12.2 Å². The molecule has 0 fully saturated rings. The van der Waals surface area contributed by atoms with Gasteiger partial charge in [0.2, 0.25) is 0 Å². The molecule has 0 aliphatic rings. The third-order valence-electron chi connectivity index (χ3n) is 2.81. The molecule has 25 heavy (non-hydrogen) atoms. The molecule has 0 saturated carbocycles. The maximum atomic E-state index is 11.8. The smallest absolute Gasteiger partial charge is 0.348 e. The number of allylic oxidation sites excluding steroid dienone is 1. The van der Waals surface area contributed by atoms with E-state index in [1.54, 1.807) is 45.9 Å². The highest BCUT2D eigenvalue weighted by molar-refractivity contribution is 5.98. The molecule has 1 rings (SSSR count). The fraction of sp³-hybridized carbons (Fsp3) is 0.316. The molecule has 1 aromatic rings. The quantitative estimate of drug-likeness (QED) is 0.326. The minimum Gasteiger partial charge on any atom is -0.490 e. The van der Waals surface area contributed by atoms with Crippen LogP contribution >= 0.6 is 0 Å². The van der Waals surface area contributed by atoms with Crippen molar-refractivity contribution in [1.82, 2.24) is 0 Å². The summed E-state index contributed by atoms with van der Waals surface area (Å²) < 4.78 is 15.6. The van der Waals surface area contributed by atoms with Crippen LogP contribution in [0.5, 0.6) is 11.5 Å². The van der Waals surface area contributed by atoms with Gasteiger partial charge in [0.05, 0.1) is 13.2 Å². The predicted molar refractivity (Wildman–Crippen MR) is 92.9 cm³/mol. The third-order valence-corrected chi connectivity index (χ3v) is 2.81. The van der Waals surface area contributed by atoms with E-state index in [0.29, 0.717) is 17.9 Å². The molecule has 6 nitrogen and oxygen atoms in total. The molecule has 0 saturated heterocycles. The van der Waals surface area contributed by atoms with Gasteiger partial charge in [-0.1, -0.05) is 11.6 Å². The van der Waals surface area contributed by atoms with Crippen molar-refractivity contribution < 1.29 is 23.8 Å². The summed E-state index contributed by atoms with van der Waals surface area (Å²) in [6.45, 7) is 7.58. The van der Waals surface area contributed by atoms with Crippen LogP contribution in [0.4, 0.5) is 0 Å². The number of nitriles is 1. The molecule has 0 spiro atoms. The lowest BCUT2D eigenvalue weighted by molar-refractivity contribution is -0.138. The zero-order chi connectivity index (χ0) is 18.8. The summed E-state index contributed by atoms with van der Waals surface area (Å²) in [4.78, 5) is 23.5. The number of esters is 2. The van der Waals surface area contributed by atoms with Gasteiger partial charge in [-0.2, -0.15) is 5.26 Å². The second-order valence-corrected chi connectivity index (χ2v) is 5.17. The van der Waals surface area contributed by atoms with E-state index in [-0.39, 0.29) is 17.9 Å². The van der Waals surface area contributed by atoms with E-state index in [0.717, 1.165) is 5.57 Å². The maximum Gasteiger partial charge on any atom is 0.348 e. The first-order chi connectivity index (χ1) is 11.9. The number of rotatable bonds is 7. The van der Waals surface area contributed by atoms with Crippen molar-refractivity contribution in [3.05, 3.63) is 41.0 Å². The van der Waals surface area contributed by atoms with Crippen molar-refractivity contribution in [2.75, 3.05) is 13.2 Å². The topological polar surface area (TPSA) is 85.6 Å². The second-order valence-electron chi connectivity index (χ2n) is 5.17. The maximum absolute atomic E-state index is 11.8. The molecular weight excluding hydrogens is 322 g/mol. The minimum atomic E-state index is -0.693. The van der Waals surface area contributed by atoms with E-state index < -0.39 is 11.9 Å². The largest absolute Gasteiger partial charge is 0.490 e. The predicted octanol–water partition coefficient (Wildman–Crippen LogP) is 3.43. The molecule has 0 amide bonds. The van der Waals surface area contributed by atoms with Crippen LogP contribution in [-0.4, -0.2) is 25.2 Å². The Kier molecular flexibility index (Phi) is 7.94. The molecular formula is C19H21NO5. The van der Waals surface area contributed by atoms with Crippen LogP contribution in [0.1, 0.15) is 33.3 Å². The number of hydrogen-bond acceptors (Lipinski definition) is 6. The van der Waals surface area contributed by atoms with Crippen molar-refractivity contribution >= 4 is 18.0 Å². The number of ether oxygens (including phenoxy) is 3. The van der Waals surface area contributed by atoms with E-state index in [1.807, 2.05) is 6.07 Å². The third kappa shape index (κ3) is 6.51. The molecule has 0 unspecified atom stereocenters. The number of hydrogen-bond donors (Lipinski definition) is 0. The number of benzene rings is 1. The van der Waals surface area contributed by atoms with Gasteiger partial charge >= 0.3 is 11.9 Å². The highest BCUT2D eigenvalue weighted by Crippen LogP contribution is 2.29. The van der Waals surface area contributed by atoms with Crippen LogP contribution in [0, 0.1) is 11.3 Å². The van der Waals surface area contributed by atoms with Gasteiger partial charge in [-0.05, 0) is 51.5 Å². The Bertz CT molecular complexity index is 737. The van der Waals surface area contributed by atoms with Crippen molar-refractivity contribution in [2.45, 2.75) is 27.7 Å². The van der Waals surface area contributed by atoms with Gasteiger partial charge in [-0.3, -0.25) is 0 Å². The van der Waals surface area contributed by atoms with Crippen molar-refractivity contribution in [2.24, 2.45) is 0 Å². The summed E-state index contributed by atoms with van der Waals surface area (Å²) in [5, 5.41) is 9.09. The van der Waals surface area contributed by atoms with Crippen molar-refractivity contribution in [3.63, 3.8) is 0 Å². The molecule has 0 radical (unpaired) electrons. The van der Waals surface area contributed by atoms with E-state index in [2.05, 4.69) is 0 Å². The Balaban J connectivity index is 3.15. The lowest BCUT2D eigenvalue weighted by Crippen LogP contribution is -2.07. The average molecular weight is 343 g/mol. The second kappa shape index (κ2) is 9.93. The first kappa shape index (κ1) is 20.0. The molecule has 0 aromatic heterocycles. The molecule has 0 aliphatic heterocycles. The summed E-state index contributed by atoms with van der Waals surface area (Å²) in [7, 11) is 0. The highest BCUT2D eigenvalue weighted by atomic mass is 16.6. The summed E-state index contributed by atoms with van der Waals surface area (Å²) in [5.41, 5.74) is 1.24. The van der Waals surface area contributed by atoms with Gasteiger partial charge in [0.15, 0.2) is 11.5 Å². The first-order valence-corrected chi connectivity index (χ1v) is 7.83. The fourth-order valence-corrected chi connectivity index (χ4v) is 1.85. The number of carbonyl (C=O) groups is 2. The van der Waals surface area contributed by atoms with Gasteiger partial charge in [-0.15, -0.1) is 0 Å². The van der Waals surface area contributed by atoms with Gasteiger partial charge in [0.25, 0.3) is 0 Å². The van der Waals surface area contributed by atoms with Crippen LogP contribution in [0.2, 0.25) is 0 Å². The Hall–Kier alpha value is -3.07. The molecule has 0 aliphatic carbocycles. The Morgan fingerprint density at radius 1 is 1.16 bits per heavy atom. The van der Waals surface area contributed by atoms with E-state index in [9.17, 15) is 9.59 Å². The lowest BCUT2D eigenvalue weighted by Gasteiger charge is -2.11. The fourth-order valence-electron chi connectivity index (χ4n) is 1.85. The monoisotopic (exact) mass is 343 g/mol. The Morgan fingerprint density at radius 3 is 2.44 bits per heavy atom. The van der Waals surface area contributed by atoms with Crippen LogP contribution in [0.15, 0.2) is 35.4 Å². The number of carbonyl (C=O) groups excluding carboxylic acids is 2. The highest BCUT2D eigenvalue weighted by Gasteiger charge is 2.13. The number of nitrogens with zero attached hydrogens (tertiary/aromatic N) is 1. The first-order valence-electron chi connectivity index (χ1n) is 7.83. The summed E-state index contributed by atoms with van der Waals surface area (Å²) in [5.74, 6) is -0.598. The van der Waals surface area contributed by atoms with Crippen LogP contribution in [0.3, 0.4) is 0 Å². The summed E-state index contributed by atoms with van der Waals surface area (Å²) in [6, 6.07) is 6.56. The van der Waals surface area contributed by atoms with Crippen LogP contribution < -0.4 is 9.47 Å². The zero-order valence-corrected chi connectivity index (χ0v) is 14.8. The van der Waals surface area contributed by atoms with Gasteiger partial charge in [-0.25, -0.2) is 9.59 Å². The summed E-state index contributed by atoms with van der Waals surface area (Å²) >= 11 is 0. The zero-order valence-electron chi connectivity index (χ0n) is 14.8. The summed E-state index contributed by atoms with van der Waals surface area (Å²) in [6.07, 6.45) is 2.76. The van der Waals surface area contributed by atoms with E-state index >= 15 is 0 Å². The Labute approximate surface area is 147 Å². The van der Waals surface area contributed by atoms with Gasteiger partial charge in [0, 0.05) is 6.08 Å². The molecule has 0 N–H and O–H groups in total. The van der Waals surface area contributed by atoms with Crippen molar-refractivity contribution in [3.8, 4) is 17.6 Å². The molecule has 0 atom stereocenters. The molecule has 0 bridgehead atoms. The van der Waals surface area contributed by atoms with Crippen LogP contribution in [0.25, 0.3) is 6.08 Å². The molecule has 1 aromatic carbocycles. The standard InChI is InChI=1S/C19H21NO5/c1-5-23-17-11-14(10-15(12-20)19(22)24-6-2)7-8-16(17)25-18(21)9-13(3)4/h7-11H,5-6H2,1-4H3/b15-10-. The molecule has 6 heteroatoms. The average Bonchev–Trinajstić information content (AvgIpc) is 2.54. The van der Waals surface area contributed by atoms with Crippen LogP contribution in [-0.2, 0) is 14.3 Å².